The van der Waals surface area contributed by atoms with Crippen LogP contribution in [0.3, 0.4) is 0 Å². The van der Waals surface area contributed by atoms with Crippen molar-refractivity contribution in [2.45, 2.75) is 19.4 Å². The average molecular weight is 222 g/mol. The number of thiocarbonyl (C=S) groups is 1. The molecule has 0 saturated carbocycles. The zero-order valence-corrected chi connectivity index (χ0v) is 9.05. The van der Waals surface area contributed by atoms with Crippen LogP contribution >= 0.6 is 12.2 Å². The fourth-order valence-electron chi connectivity index (χ4n) is 1.18. The minimum atomic E-state index is 0.263. The number of ether oxygens (including phenoxy) is 1. The van der Waals surface area contributed by atoms with E-state index >= 15 is 0 Å². The van der Waals surface area contributed by atoms with E-state index in [1.54, 1.807) is 0 Å². The maximum atomic E-state index is 9.85. The van der Waals surface area contributed by atoms with Crippen LogP contribution in [0.25, 0.3) is 0 Å². The van der Waals surface area contributed by atoms with Crippen LogP contribution in [0.4, 0.5) is 0 Å². The first-order valence-electron chi connectivity index (χ1n) is 4.57. The Morgan fingerprint density at radius 1 is 1.33 bits per heavy atom. The predicted octanol–water partition coefficient (Wildman–Crippen LogP) is 1.49. The minimum Gasteiger partial charge on any atom is -0.452 e. The number of hydrogen-bond acceptors (Lipinski definition) is 3. The molecule has 1 aromatic rings. The zero-order chi connectivity index (χ0) is 11.1. The van der Waals surface area contributed by atoms with Gasteiger partial charge in [-0.3, -0.25) is 0 Å². The fourth-order valence-corrected chi connectivity index (χ4v) is 1.28. The lowest BCUT2D eigenvalue weighted by Crippen LogP contribution is -2.08. The molecule has 1 radical (unpaired) electrons. The third-order valence-electron chi connectivity index (χ3n) is 1.98. The highest BCUT2D eigenvalue weighted by molar-refractivity contribution is 7.80. The van der Waals surface area contributed by atoms with Gasteiger partial charge in [-0.15, -0.1) is 0 Å². The van der Waals surface area contributed by atoms with Gasteiger partial charge in [-0.2, -0.15) is 0 Å². The van der Waals surface area contributed by atoms with E-state index in [0.717, 1.165) is 12.0 Å². The lowest BCUT2D eigenvalue weighted by molar-refractivity contribution is 0.267. The van der Waals surface area contributed by atoms with Crippen molar-refractivity contribution in [3.63, 3.8) is 0 Å². The van der Waals surface area contributed by atoms with Gasteiger partial charge in [0, 0.05) is 6.42 Å². The third kappa shape index (κ3) is 4.56. The number of rotatable bonds is 6. The molecule has 0 heterocycles. The molecule has 1 rings (SSSR count). The highest BCUT2D eigenvalue weighted by atomic mass is 32.1. The monoisotopic (exact) mass is 222 g/mol. The van der Waals surface area contributed by atoms with Crippen LogP contribution < -0.4 is 5.73 Å². The summed E-state index contributed by atoms with van der Waals surface area (Å²) < 4.78 is 4.51. The van der Waals surface area contributed by atoms with Gasteiger partial charge in [0.15, 0.2) is 0 Å². The molecule has 0 fully saturated rings. The summed E-state index contributed by atoms with van der Waals surface area (Å²) in [7, 11) is 0. The van der Waals surface area contributed by atoms with E-state index in [1.165, 1.54) is 12.0 Å². The Kier molecular flexibility index (Phi) is 4.77. The topological polar surface area (TPSA) is 52.3 Å². The molecule has 0 spiro atoms. The Bertz CT molecular complexity index is 335. The average Bonchev–Trinajstić information content (AvgIpc) is 2.25. The Morgan fingerprint density at radius 3 is 2.47 bits per heavy atom. The first kappa shape index (κ1) is 11.7. The van der Waals surface area contributed by atoms with Crippen LogP contribution in [0, 0.1) is 0 Å². The number of aryl methyl sites for hydroxylation is 1. The maximum Gasteiger partial charge on any atom is 0.417 e. The molecule has 0 aliphatic rings. The number of benzene rings is 1. The van der Waals surface area contributed by atoms with E-state index in [1.807, 2.05) is 24.3 Å². The molecule has 0 atom stereocenters. The van der Waals surface area contributed by atoms with Gasteiger partial charge in [0.05, 0.1) is 4.99 Å². The van der Waals surface area contributed by atoms with Gasteiger partial charge in [0.25, 0.3) is 0 Å². The van der Waals surface area contributed by atoms with Gasteiger partial charge in [0.2, 0.25) is 0 Å². The molecule has 2 N–H and O–H groups in total. The summed E-state index contributed by atoms with van der Waals surface area (Å²) in [6, 6.07) is 7.77. The van der Waals surface area contributed by atoms with Gasteiger partial charge in [0.1, 0.15) is 6.61 Å². The Labute approximate surface area is 94.2 Å². The summed E-state index contributed by atoms with van der Waals surface area (Å²) in [5, 5.41) is 0. The molecule has 15 heavy (non-hydrogen) atoms. The second kappa shape index (κ2) is 6.14. The normalized spacial score (nSPS) is 9.60. The number of carbonyl (C=O) groups excluding carboxylic acids is 1. The van der Waals surface area contributed by atoms with Gasteiger partial charge in [-0.25, -0.2) is 4.79 Å². The standard InChI is InChI=1S/C11H12NO2S/c12-11(15)6-5-9-1-3-10(4-2-9)7-14-8-13/h1-4H,5-7H2,(H2,12,15). The fraction of sp³-hybridized carbons (Fsp3) is 0.273. The molecule has 0 aliphatic carbocycles. The van der Waals surface area contributed by atoms with Crippen molar-refractivity contribution in [2.24, 2.45) is 5.73 Å². The van der Waals surface area contributed by atoms with Gasteiger partial charge in [-0.1, -0.05) is 36.5 Å². The molecule has 3 nitrogen and oxygen atoms in total. The third-order valence-corrected chi connectivity index (χ3v) is 2.18. The van der Waals surface area contributed by atoms with Crippen LogP contribution in [0.15, 0.2) is 24.3 Å². The largest absolute Gasteiger partial charge is 0.452 e. The van der Waals surface area contributed by atoms with E-state index in [9.17, 15) is 4.79 Å². The van der Waals surface area contributed by atoms with Crippen LogP contribution in [0.1, 0.15) is 17.5 Å². The molecule has 0 aliphatic heterocycles. The van der Waals surface area contributed by atoms with Crippen molar-refractivity contribution in [3.8, 4) is 0 Å². The van der Waals surface area contributed by atoms with Gasteiger partial charge in [-0.05, 0) is 17.5 Å². The quantitative estimate of drug-likeness (QED) is 0.741. The Hall–Kier alpha value is -1.42. The van der Waals surface area contributed by atoms with Crippen molar-refractivity contribution in [1.29, 1.82) is 0 Å². The van der Waals surface area contributed by atoms with Crippen molar-refractivity contribution in [3.05, 3.63) is 35.4 Å². The second-order valence-electron chi connectivity index (χ2n) is 3.15. The SMILES string of the molecule is NC(=S)CCc1ccc(CO[C]=O)cc1. The molecule has 1 aromatic carbocycles. The van der Waals surface area contributed by atoms with Crippen molar-refractivity contribution < 1.29 is 9.53 Å². The molecule has 0 saturated heterocycles. The zero-order valence-electron chi connectivity index (χ0n) is 8.23. The van der Waals surface area contributed by atoms with Crippen LogP contribution in [0.2, 0.25) is 0 Å². The molecule has 0 aromatic heterocycles. The molecular formula is C11H12NO2S. The maximum absolute atomic E-state index is 9.85. The van der Waals surface area contributed by atoms with E-state index in [4.69, 9.17) is 18.0 Å². The van der Waals surface area contributed by atoms with Crippen LogP contribution in [0.5, 0.6) is 0 Å². The van der Waals surface area contributed by atoms with Crippen molar-refractivity contribution in [1.82, 2.24) is 0 Å². The van der Waals surface area contributed by atoms with Crippen LogP contribution in [-0.4, -0.2) is 11.5 Å². The minimum absolute atomic E-state index is 0.263. The first-order valence-corrected chi connectivity index (χ1v) is 4.98. The highest BCUT2D eigenvalue weighted by Crippen LogP contribution is 2.07. The molecule has 0 amide bonds. The number of nitrogens with two attached hydrogens (primary N) is 1. The summed E-state index contributed by atoms with van der Waals surface area (Å²) in [4.78, 5) is 10.4. The van der Waals surface area contributed by atoms with E-state index in [0.29, 0.717) is 11.4 Å². The van der Waals surface area contributed by atoms with E-state index in [-0.39, 0.29) is 6.61 Å². The summed E-state index contributed by atoms with van der Waals surface area (Å²) in [5.41, 5.74) is 7.51. The summed E-state index contributed by atoms with van der Waals surface area (Å²) >= 11 is 4.79. The smallest absolute Gasteiger partial charge is 0.417 e. The molecule has 0 unspecified atom stereocenters. The second-order valence-corrected chi connectivity index (χ2v) is 3.68. The highest BCUT2D eigenvalue weighted by Gasteiger charge is 1.96. The lowest BCUT2D eigenvalue weighted by Gasteiger charge is -2.02. The predicted molar refractivity (Wildman–Crippen MR) is 62.0 cm³/mol. The Balaban J connectivity index is 2.48. The first-order chi connectivity index (χ1) is 7.22. The van der Waals surface area contributed by atoms with E-state index in [2.05, 4.69) is 4.74 Å². The molecule has 0 bridgehead atoms. The van der Waals surface area contributed by atoms with Gasteiger partial charge < -0.3 is 10.5 Å². The summed E-state index contributed by atoms with van der Waals surface area (Å²) in [6.45, 7) is 1.65. The molecule has 79 valence electrons. The molecule has 4 heteroatoms. The lowest BCUT2D eigenvalue weighted by atomic mass is 10.1. The van der Waals surface area contributed by atoms with E-state index < -0.39 is 0 Å². The van der Waals surface area contributed by atoms with Crippen molar-refractivity contribution in [2.75, 3.05) is 0 Å². The molecular weight excluding hydrogens is 210 g/mol. The summed E-state index contributed by atoms with van der Waals surface area (Å²) in [6.07, 6.45) is 1.56. The van der Waals surface area contributed by atoms with Crippen LogP contribution in [-0.2, 0) is 22.6 Å². The summed E-state index contributed by atoms with van der Waals surface area (Å²) in [5.74, 6) is 0. The Morgan fingerprint density at radius 2 is 1.93 bits per heavy atom. The number of hydrogen-bond donors (Lipinski definition) is 1. The van der Waals surface area contributed by atoms with Gasteiger partial charge >= 0.3 is 6.47 Å². The van der Waals surface area contributed by atoms with Crippen molar-refractivity contribution >= 4 is 23.7 Å².